The smallest absolute Gasteiger partial charge is 0.109 e. The van der Waals surface area contributed by atoms with Crippen LogP contribution in [0.2, 0.25) is 0 Å². The van der Waals surface area contributed by atoms with E-state index in [-0.39, 0.29) is 10.8 Å². The van der Waals surface area contributed by atoms with Crippen LogP contribution in [0.25, 0.3) is 0 Å². The molecule has 116 valence electrons. The zero-order valence-corrected chi connectivity index (χ0v) is 14.9. The number of hydrogen-bond donors (Lipinski definition) is 1. The number of unbranched alkanes of at least 4 members (excludes halogenated alkanes) is 2. The Bertz CT molecular complexity index is 419. The van der Waals surface area contributed by atoms with Gasteiger partial charge in [-0.05, 0) is 6.42 Å². The van der Waals surface area contributed by atoms with Crippen molar-refractivity contribution in [2.75, 3.05) is 0 Å². The Morgan fingerprint density at radius 3 is 2.10 bits per heavy atom. The number of nitrogens with zero attached hydrogens (tertiary/aromatic N) is 1. The molecule has 0 fully saturated rings. The Morgan fingerprint density at radius 1 is 1.05 bits per heavy atom. The van der Waals surface area contributed by atoms with Gasteiger partial charge in [0.2, 0.25) is 0 Å². The first-order chi connectivity index (χ1) is 9.09. The summed E-state index contributed by atoms with van der Waals surface area (Å²) in [5.41, 5.74) is 2.88. The molecule has 0 amide bonds. The summed E-state index contributed by atoms with van der Waals surface area (Å²) in [5.74, 6) is 1.59. The number of H-pyrrole nitrogens is 1. The summed E-state index contributed by atoms with van der Waals surface area (Å²) in [5, 5.41) is 0. The lowest BCUT2D eigenvalue weighted by Crippen LogP contribution is -2.24. The fourth-order valence-electron chi connectivity index (χ4n) is 2.63. The van der Waals surface area contributed by atoms with E-state index in [9.17, 15) is 0 Å². The van der Waals surface area contributed by atoms with Gasteiger partial charge in [-0.25, -0.2) is 4.98 Å². The van der Waals surface area contributed by atoms with Crippen molar-refractivity contribution < 1.29 is 0 Å². The topological polar surface area (TPSA) is 28.7 Å². The second-order valence-corrected chi connectivity index (χ2v) is 8.09. The fourth-order valence-corrected chi connectivity index (χ4v) is 2.63. The lowest BCUT2D eigenvalue weighted by molar-refractivity contribution is 0.424. The SMILES string of the molecule is CCCCCC(C)(C)c1nc(C(C)C)[nH]c1C(C)(C)C. The first-order valence-corrected chi connectivity index (χ1v) is 8.20. The lowest BCUT2D eigenvalue weighted by atomic mass is 9.78. The van der Waals surface area contributed by atoms with Gasteiger partial charge in [-0.15, -0.1) is 0 Å². The minimum atomic E-state index is 0.123. The summed E-state index contributed by atoms with van der Waals surface area (Å²) >= 11 is 0. The summed E-state index contributed by atoms with van der Waals surface area (Å²) in [6.07, 6.45) is 5.10. The molecule has 2 nitrogen and oxygen atoms in total. The van der Waals surface area contributed by atoms with Gasteiger partial charge < -0.3 is 4.98 Å². The second kappa shape index (κ2) is 6.32. The van der Waals surface area contributed by atoms with Crippen molar-refractivity contribution in [1.82, 2.24) is 9.97 Å². The van der Waals surface area contributed by atoms with Crippen LogP contribution in [0.15, 0.2) is 0 Å². The summed E-state index contributed by atoms with van der Waals surface area (Å²) in [6.45, 7) is 18.2. The summed E-state index contributed by atoms with van der Waals surface area (Å²) < 4.78 is 0. The van der Waals surface area contributed by atoms with Crippen molar-refractivity contribution in [3.63, 3.8) is 0 Å². The molecule has 0 aliphatic rings. The molecule has 2 heteroatoms. The second-order valence-electron chi connectivity index (χ2n) is 8.09. The molecule has 0 bridgehead atoms. The highest BCUT2D eigenvalue weighted by Crippen LogP contribution is 2.36. The molecule has 0 atom stereocenters. The van der Waals surface area contributed by atoms with Crippen molar-refractivity contribution in [3.8, 4) is 0 Å². The van der Waals surface area contributed by atoms with Crippen LogP contribution < -0.4 is 0 Å². The molecule has 0 aliphatic heterocycles. The van der Waals surface area contributed by atoms with E-state index in [1.54, 1.807) is 0 Å². The van der Waals surface area contributed by atoms with Gasteiger partial charge in [0, 0.05) is 22.4 Å². The van der Waals surface area contributed by atoms with Crippen molar-refractivity contribution in [3.05, 3.63) is 17.2 Å². The van der Waals surface area contributed by atoms with Crippen LogP contribution in [-0.2, 0) is 10.8 Å². The van der Waals surface area contributed by atoms with E-state index < -0.39 is 0 Å². The number of nitrogens with one attached hydrogen (secondary N) is 1. The Kier molecular flexibility index (Phi) is 5.46. The molecular weight excluding hydrogens is 244 g/mol. The van der Waals surface area contributed by atoms with Crippen LogP contribution in [0.3, 0.4) is 0 Å². The zero-order chi connectivity index (χ0) is 15.6. The average molecular weight is 278 g/mol. The van der Waals surface area contributed by atoms with Gasteiger partial charge in [0.25, 0.3) is 0 Å². The van der Waals surface area contributed by atoms with E-state index in [0.29, 0.717) is 5.92 Å². The summed E-state index contributed by atoms with van der Waals surface area (Å²) in [6, 6.07) is 0. The van der Waals surface area contributed by atoms with Gasteiger partial charge in [-0.2, -0.15) is 0 Å². The number of hydrogen-bond acceptors (Lipinski definition) is 1. The van der Waals surface area contributed by atoms with E-state index in [4.69, 9.17) is 4.98 Å². The number of imidazole rings is 1. The fraction of sp³-hybridized carbons (Fsp3) is 0.833. The molecule has 1 aromatic rings. The van der Waals surface area contributed by atoms with E-state index in [2.05, 4.69) is 60.4 Å². The van der Waals surface area contributed by atoms with E-state index in [1.165, 1.54) is 37.1 Å². The molecule has 0 radical (unpaired) electrons. The van der Waals surface area contributed by atoms with Gasteiger partial charge in [0.15, 0.2) is 0 Å². The molecule has 1 N–H and O–H groups in total. The van der Waals surface area contributed by atoms with Crippen LogP contribution in [0.1, 0.15) is 104 Å². The third-order valence-corrected chi connectivity index (χ3v) is 4.07. The molecule has 1 aromatic heterocycles. The van der Waals surface area contributed by atoms with Crippen LogP contribution >= 0.6 is 0 Å². The summed E-state index contributed by atoms with van der Waals surface area (Å²) in [7, 11) is 0. The lowest BCUT2D eigenvalue weighted by Gasteiger charge is -2.28. The van der Waals surface area contributed by atoms with Crippen LogP contribution in [0, 0.1) is 0 Å². The third kappa shape index (κ3) is 4.10. The predicted molar refractivity (Wildman–Crippen MR) is 88.5 cm³/mol. The highest BCUT2D eigenvalue weighted by Gasteiger charge is 2.32. The predicted octanol–water partition coefficient (Wildman–Crippen LogP) is 5.69. The summed E-state index contributed by atoms with van der Waals surface area (Å²) in [4.78, 5) is 8.58. The standard InChI is InChI=1S/C18H34N2/c1-9-10-11-12-18(7,8)15-14(17(4,5)6)19-16(20-15)13(2)3/h13H,9-12H2,1-8H3,(H,19,20). The van der Waals surface area contributed by atoms with E-state index >= 15 is 0 Å². The molecule has 0 aromatic carbocycles. The van der Waals surface area contributed by atoms with Gasteiger partial charge >= 0.3 is 0 Å². The molecule has 0 saturated heterocycles. The largest absolute Gasteiger partial charge is 0.345 e. The van der Waals surface area contributed by atoms with Crippen molar-refractivity contribution in [2.24, 2.45) is 0 Å². The normalized spacial score (nSPS) is 13.2. The molecule has 0 saturated carbocycles. The maximum atomic E-state index is 4.97. The minimum Gasteiger partial charge on any atom is -0.345 e. The molecule has 20 heavy (non-hydrogen) atoms. The first-order valence-electron chi connectivity index (χ1n) is 8.20. The molecule has 1 heterocycles. The van der Waals surface area contributed by atoms with Crippen molar-refractivity contribution >= 4 is 0 Å². The molecule has 0 spiro atoms. The minimum absolute atomic E-state index is 0.123. The Balaban J connectivity index is 3.14. The van der Waals surface area contributed by atoms with Crippen LogP contribution in [0.5, 0.6) is 0 Å². The monoisotopic (exact) mass is 278 g/mol. The molecule has 0 aliphatic carbocycles. The average Bonchev–Trinajstić information content (AvgIpc) is 2.74. The molecule has 0 unspecified atom stereocenters. The quantitative estimate of drug-likeness (QED) is 0.665. The maximum absolute atomic E-state index is 4.97. The van der Waals surface area contributed by atoms with Gasteiger partial charge in [-0.1, -0.05) is 74.7 Å². The Hall–Kier alpha value is -0.790. The highest BCUT2D eigenvalue weighted by molar-refractivity contribution is 5.29. The number of aromatic nitrogens is 2. The van der Waals surface area contributed by atoms with Crippen molar-refractivity contribution in [1.29, 1.82) is 0 Å². The molecule has 1 rings (SSSR count). The highest BCUT2D eigenvalue weighted by atomic mass is 15.0. The van der Waals surface area contributed by atoms with Gasteiger partial charge in [0.1, 0.15) is 5.82 Å². The van der Waals surface area contributed by atoms with Crippen LogP contribution in [-0.4, -0.2) is 9.97 Å². The zero-order valence-electron chi connectivity index (χ0n) is 14.9. The van der Waals surface area contributed by atoms with Crippen LogP contribution in [0.4, 0.5) is 0 Å². The van der Waals surface area contributed by atoms with Gasteiger partial charge in [-0.3, -0.25) is 0 Å². The van der Waals surface area contributed by atoms with Gasteiger partial charge in [0.05, 0.1) is 5.69 Å². The van der Waals surface area contributed by atoms with E-state index in [0.717, 1.165) is 5.82 Å². The Morgan fingerprint density at radius 2 is 1.65 bits per heavy atom. The maximum Gasteiger partial charge on any atom is 0.109 e. The van der Waals surface area contributed by atoms with Crippen molar-refractivity contribution in [2.45, 2.75) is 97.8 Å². The van der Waals surface area contributed by atoms with E-state index in [1.807, 2.05) is 0 Å². The molecular formula is C18H34N2. The number of aromatic amines is 1. The first kappa shape index (κ1) is 17.3. The Labute approximate surface area is 125 Å². The third-order valence-electron chi connectivity index (χ3n) is 4.07. The number of rotatable bonds is 6.